The Balaban J connectivity index is 2.04. The van der Waals surface area contributed by atoms with E-state index >= 15 is 0 Å². The minimum absolute atomic E-state index is 0.0362. The highest BCUT2D eigenvalue weighted by Gasteiger charge is 2.32. The summed E-state index contributed by atoms with van der Waals surface area (Å²) in [6, 6.07) is 1.70. The van der Waals surface area contributed by atoms with Gasteiger partial charge in [-0.15, -0.1) is 0 Å². The van der Waals surface area contributed by atoms with Crippen molar-refractivity contribution in [1.29, 1.82) is 0 Å². The number of carbonyl (C=O) groups excluding carboxylic acids is 1. The molecule has 1 unspecified atom stereocenters. The molecule has 0 saturated carbocycles. The zero-order valence-corrected chi connectivity index (χ0v) is 10.9. The molecule has 0 bridgehead atoms. The van der Waals surface area contributed by atoms with Crippen LogP contribution >= 0.6 is 0 Å². The summed E-state index contributed by atoms with van der Waals surface area (Å²) >= 11 is 0. The minimum Gasteiger partial charge on any atom is -0.376 e. The molecule has 1 amide bonds. The van der Waals surface area contributed by atoms with Gasteiger partial charge in [0.15, 0.2) is 0 Å². The molecular formula is C13H13F4NO3. The molecule has 1 aromatic rings. The van der Waals surface area contributed by atoms with Gasteiger partial charge >= 0.3 is 6.18 Å². The van der Waals surface area contributed by atoms with E-state index in [2.05, 4.69) is 5.32 Å². The molecule has 1 saturated heterocycles. The summed E-state index contributed by atoms with van der Waals surface area (Å²) in [6.07, 6.45) is -5.03. The van der Waals surface area contributed by atoms with Gasteiger partial charge in [0.25, 0.3) is 5.91 Å². The molecule has 1 aliphatic heterocycles. The summed E-state index contributed by atoms with van der Waals surface area (Å²) in [7, 11) is 0. The molecule has 1 aliphatic rings. The fourth-order valence-corrected chi connectivity index (χ4v) is 1.83. The fraction of sp³-hybridized carbons (Fsp3) is 0.462. The first-order chi connectivity index (χ1) is 9.88. The van der Waals surface area contributed by atoms with Crippen molar-refractivity contribution in [2.75, 3.05) is 26.4 Å². The number of carbonyl (C=O) groups is 1. The first kappa shape index (κ1) is 15.7. The lowest BCUT2D eigenvalue weighted by molar-refractivity contribution is -0.137. The summed E-state index contributed by atoms with van der Waals surface area (Å²) in [5.74, 6) is -1.94. The lowest BCUT2D eigenvalue weighted by Gasteiger charge is -2.23. The summed E-state index contributed by atoms with van der Waals surface area (Å²) in [6.45, 7) is 1.13. The van der Waals surface area contributed by atoms with Crippen molar-refractivity contribution >= 4 is 5.91 Å². The van der Waals surface area contributed by atoms with E-state index in [0.717, 1.165) is 0 Å². The van der Waals surface area contributed by atoms with Crippen LogP contribution in [-0.4, -0.2) is 38.4 Å². The molecule has 0 radical (unpaired) electrons. The quantitative estimate of drug-likeness (QED) is 0.869. The molecule has 21 heavy (non-hydrogen) atoms. The summed E-state index contributed by atoms with van der Waals surface area (Å²) in [5.41, 5.74) is -1.73. The topological polar surface area (TPSA) is 47.6 Å². The van der Waals surface area contributed by atoms with Crippen molar-refractivity contribution in [3.63, 3.8) is 0 Å². The van der Waals surface area contributed by atoms with Gasteiger partial charge in [0.1, 0.15) is 5.82 Å². The third-order valence-electron chi connectivity index (χ3n) is 2.91. The van der Waals surface area contributed by atoms with Crippen LogP contribution in [0.3, 0.4) is 0 Å². The first-order valence-corrected chi connectivity index (χ1v) is 6.22. The molecule has 2 rings (SSSR count). The maximum Gasteiger partial charge on any atom is 0.416 e. The molecule has 0 spiro atoms. The third kappa shape index (κ3) is 4.15. The number of benzene rings is 1. The highest BCUT2D eigenvalue weighted by Crippen LogP contribution is 2.30. The van der Waals surface area contributed by atoms with E-state index in [-0.39, 0.29) is 13.2 Å². The Morgan fingerprint density at radius 2 is 2.10 bits per heavy atom. The Kier molecular flexibility index (Phi) is 4.79. The van der Waals surface area contributed by atoms with Crippen LogP contribution in [0.25, 0.3) is 0 Å². The normalized spacial score (nSPS) is 19.3. The number of alkyl halides is 3. The third-order valence-corrected chi connectivity index (χ3v) is 2.91. The number of amides is 1. The van der Waals surface area contributed by atoms with Gasteiger partial charge in [0, 0.05) is 6.54 Å². The van der Waals surface area contributed by atoms with Crippen molar-refractivity contribution in [1.82, 2.24) is 5.32 Å². The second-order valence-corrected chi connectivity index (χ2v) is 4.47. The standard InChI is InChI=1S/C13H13F4NO3/c14-11-2-1-8(13(15,16)17)5-10(11)12(19)18-6-9-7-20-3-4-21-9/h1-2,5,9H,3-4,6-7H2,(H,18,19). The summed E-state index contributed by atoms with van der Waals surface area (Å²) in [4.78, 5) is 11.8. The SMILES string of the molecule is O=C(NCC1COCCO1)c1cc(C(F)(F)F)ccc1F. The molecular weight excluding hydrogens is 294 g/mol. The van der Waals surface area contributed by atoms with Crippen LogP contribution < -0.4 is 5.32 Å². The van der Waals surface area contributed by atoms with Crippen LogP contribution in [-0.2, 0) is 15.7 Å². The molecule has 1 fully saturated rings. The number of rotatable bonds is 3. The summed E-state index contributed by atoms with van der Waals surface area (Å²) < 4.78 is 61.5. The highest BCUT2D eigenvalue weighted by molar-refractivity contribution is 5.94. The van der Waals surface area contributed by atoms with Crippen LogP contribution in [0.2, 0.25) is 0 Å². The van der Waals surface area contributed by atoms with Crippen LogP contribution in [0.4, 0.5) is 17.6 Å². The highest BCUT2D eigenvalue weighted by atomic mass is 19.4. The monoisotopic (exact) mass is 307 g/mol. The average Bonchev–Trinajstić information content (AvgIpc) is 2.45. The van der Waals surface area contributed by atoms with E-state index in [9.17, 15) is 22.4 Å². The smallest absolute Gasteiger partial charge is 0.376 e. The molecule has 1 aromatic carbocycles. The van der Waals surface area contributed by atoms with Gasteiger partial charge in [-0.25, -0.2) is 4.39 Å². The van der Waals surface area contributed by atoms with E-state index < -0.39 is 35.1 Å². The predicted octanol–water partition coefficient (Wildman–Crippen LogP) is 1.99. The zero-order chi connectivity index (χ0) is 15.5. The fourth-order valence-electron chi connectivity index (χ4n) is 1.83. The van der Waals surface area contributed by atoms with Crippen molar-refractivity contribution in [3.8, 4) is 0 Å². The zero-order valence-electron chi connectivity index (χ0n) is 10.9. The van der Waals surface area contributed by atoms with E-state index in [1.807, 2.05) is 0 Å². The van der Waals surface area contributed by atoms with Crippen molar-refractivity contribution in [2.24, 2.45) is 0 Å². The molecule has 0 aliphatic carbocycles. The molecule has 0 aromatic heterocycles. The Labute approximate surface area is 118 Å². The lowest BCUT2D eigenvalue weighted by atomic mass is 10.1. The lowest BCUT2D eigenvalue weighted by Crippen LogP contribution is -2.40. The van der Waals surface area contributed by atoms with Crippen molar-refractivity contribution in [3.05, 3.63) is 35.1 Å². The maximum absolute atomic E-state index is 13.5. The molecule has 116 valence electrons. The average molecular weight is 307 g/mol. The van der Waals surface area contributed by atoms with E-state index in [4.69, 9.17) is 9.47 Å². The second-order valence-electron chi connectivity index (χ2n) is 4.47. The van der Waals surface area contributed by atoms with Gasteiger partial charge < -0.3 is 14.8 Å². The van der Waals surface area contributed by atoms with Crippen molar-refractivity contribution < 1.29 is 31.8 Å². The van der Waals surface area contributed by atoms with Gasteiger partial charge in [0.05, 0.1) is 37.1 Å². The van der Waals surface area contributed by atoms with Crippen molar-refractivity contribution in [2.45, 2.75) is 12.3 Å². The Bertz CT molecular complexity index is 513. The first-order valence-electron chi connectivity index (χ1n) is 6.22. The second kappa shape index (κ2) is 6.40. The molecule has 8 heteroatoms. The van der Waals surface area contributed by atoms with Gasteiger partial charge in [-0.3, -0.25) is 4.79 Å². The molecule has 1 heterocycles. The Hall–Kier alpha value is -1.67. The molecule has 4 nitrogen and oxygen atoms in total. The van der Waals surface area contributed by atoms with Crippen LogP contribution in [0.15, 0.2) is 18.2 Å². The predicted molar refractivity (Wildman–Crippen MR) is 64.3 cm³/mol. The summed E-state index contributed by atoms with van der Waals surface area (Å²) in [5, 5.41) is 2.34. The largest absolute Gasteiger partial charge is 0.416 e. The maximum atomic E-state index is 13.5. The van der Waals surface area contributed by atoms with E-state index in [1.54, 1.807) is 0 Å². The molecule has 1 N–H and O–H groups in total. The number of ether oxygens (including phenoxy) is 2. The number of nitrogens with one attached hydrogen (secondary N) is 1. The van der Waals surface area contributed by atoms with Crippen LogP contribution in [0.1, 0.15) is 15.9 Å². The van der Waals surface area contributed by atoms with E-state index in [0.29, 0.717) is 31.4 Å². The number of halogens is 4. The van der Waals surface area contributed by atoms with Gasteiger partial charge in [-0.2, -0.15) is 13.2 Å². The van der Waals surface area contributed by atoms with Crippen LogP contribution in [0.5, 0.6) is 0 Å². The van der Waals surface area contributed by atoms with Gasteiger partial charge in [-0.05, 0) is 18.2 Å². The molecule has 1 atom stereocenters. The van der Waals surface area contributed by atoms with Crippen LogP contribution in [0, 0.1) is 5.82 Å². The Morgan fingerprint density at radius 1 is 1.33 bits per heavy atom. The van der Waals surface area contributed by atoms with Gasteiger partial charge in [0.2, 0.25) is 0 Å². The Morgan fingerprint density at radius 3 is 2.71 bits per heavy atom. The number of hydrogen-bond donors (Lipinski definition) is 1. The minimum atomic E-state index is -4.64. The van der Waals surface area contributed by atoms with E-state index in [1.165, 1.54) is 0 Å². The number of hydrogen-bond acceptors (Lipinski definition) is 3. The van der Waals surface area contributed by atoms with Gasteiger partial charge in [-0.1, -0.05) is 0 Å².